The van der Waals surface area contributed by atoms with Crippen molar-refractivity contribution in [1.82, 2.24) is 10.2 Å². The van der Waals surface area contributed by atoms with Crippen LogP contribution >= 0.6 is 23.4 Å². The van der Waals surface area contributed by atoms with Crippen molar-refractivity contribution in [2.75, 3.05) is 12.3 Å². The molecule has 29 heavy (non-hydrogen) atoms. The number of hydrogen-bond acceptors (Lipinski definition) is 3. The quantitative estimate of drug-likeness (QED) is 0.588. The van der Waals surface area contributed by atoms with Gasteiger partial charge in [0, 0.05) is 23.9 Å². The maximum Gasteiger partial charge on any atom is 0.242 e. The normalized spacial score (nSPS) is 11.9. The fourth-order valence-corrected chi connectivity index (χ4v) is 3.85. The van der Waals surface area contributed by atoms with Gasteiger partial charge in [-0.25, -0.2) is 0 Å². The first kappa shape index (κ1) is 23.3. The number of halogens is 1. The molecule has 2 rings (SSSR count). The zero-order valence-corrected chi connectivity index (χ0v) is 18.8. The summed E-state index contributed by atoms with van der Waals surface area (Å²) in [4.78, 5) is 27.2. The molecule has 0 heterocycles. The van der Waals surface area contributed by atoms with E-state index in [0.717, 1.165) is 11.1 Å². The molecule has 4 nitrogen and oxygen atoms in total. The topological polar surface area (TPSA) is 49.4 Å². The Bertz CT molecular complexity index is 798. The minimum atomic E-state index is -0.534. The summed E-state index contributed by atoms with van der Waals surface area (Å²) in [6, 6.07) is 16.9. The molecule has 0 unspecified atom stereocenters. The lowest BCUT2D eigenvalue weighted by atomic mass is 10.1. The van der Waals surface area contributed by atoms with Crippen LogP contribution in [0, 0.1) is 5.92 Å². The minimum Gasteiger partial charge on any atom is -0.354 e. The second-order valence-electron chi connectivity index (χ2n) is 7.44. The summed E-state index contributed by atoms with van der Waals surface area (Å²) >= 11 is 7.55. The molecule has 2 aromatic rings. The Morgan fingerprint density at radius 2 is 1.72 bits per heavy atom. The van der Waals surface area contributed by atoms with Crippen LogP contribution < -0.4 is 5.32 Å². The maximum atomic E-state index is 13.0. The van der Waals surface area contributed by atoms with Crippen LogP contribution in [0.3, 0.4) is 0 Å². The molecular formula is C23H29ClN2O2S. The van der Waals surface area contributed by atoms with Gasteiger partial charge in [0.25, 0.3) is 0 Å². The van der Waals surface area contributed by atoms with Gasteiger partial charge in [0.1, 0.15) is 6.04 Å². The molecule has 6 heteroatoms. The van der Waals surface area contributed by atoms with E-state index in [0.29, 0.717) is 35.5 Å². The van der Waals surface area contributed by atoms with Crippen LogP contribution in [0.1, 0.15) is 31.9 Å². The zero-order valence-electron chi connectivity index (χ0n) is 17.2. The number of thioether (sulfide) groups is 1. The van der Waals surface area contributed by atoms with Gasteiger partial charge in [-0.05, 0) is 36.1 Å². The van der Waals surface area contributed by atoms with E-state index >= 15 is 0 Å². The predicted molar refractivity (Wildman–Crippen MR) is 122 cm³/mol. The summed E-state index contributed by atoms with van der Waals surface area (Å²) in [6.45, 7) is 6.89. The van der Waals surface area contributed by atoms with Crippen molar-refractivity contribution in [3.8, 4) is 0 Å². The number of nitrogens with one attached hydrogen (secondary N) is 1. The molecule has 0 saturated heterocycles. The zero-order chi connectivity index (χ0) is 21.2. The number of benzene rings is 2. The molecule has 0 aliphatic rings. The van der Waals surface area contributed by atoms with Crippen molar-refractivity contribution in [2.24, 2.45) is 5.92 Å². The van der Waals surface area contributed by atoms with E-state index in [1.165, 1.54) is 11.8 Å². The van der Waals surface area contributed by atoms with Gasteiger partial charge in [0.15, 0.2) is 0 Å². The predicted octanol–water partition coefficient (Wildman–Crippen LogP) is 4.76. The summed E-state index contributed by atoms with van der Waals surface area (Å²) in [5.74, 6) is 1.19. The van der Waals surface area contributed by atoms with Gasteiger partial charge in [-0.15, -0.1) is 11.8 Å². The Kier molecular flexibility index (Phi) is 9.55. The van der Waals surface area contributed by atoms with Crippen LogP contribution in [-0.4, -0.2) is 35.1 Å². The maximum absolute atomic E-state index is 13.0. The molecule has 156 valence electrons. The number of hydrogen-bond donors (Lipinski definition) is 1. The highest BCUT2D eigenvalue weighted by Crippen LogP contribution is 2.18. The highest BCUT2D eigenvalue weighted by molar-refractivity contribution is 7.99. The van der Waals surface area contributed by atoms with Crippen molar-refractivity contribution in [1.29, 1.82) is 0 Å². The smallest absolute Gasteiger partial charge is 0.242 e. The first-order valence-corrected chi connectivity index (χ1v) is 11.3. The minimum absolute atomic E-state index is 0.0481. The lowest BCUT2D eigenvalue weighted by Gasteiger charge is -2.29. The third kappa shape index (κ3) is 8.11. The number of nitrogens with zero attached hydrogens (tertiary/aromatic N) is 1. The van der Waals surface area contributed by atoms with Crippen molar-refractivity contribution in [3.63, 3.8) is 0 Å². The average molecular weight is 433 g/mol. The largest absolute Gasteiger partial charge is 0.354 e. The molecule has 2 amide bonds. The molecule has 0 aliphatic heterocycles. The summed E-state index contributed by atoms with van der Waals surface area (Å²) in [6.07, 6.45) is 0. The molecule has 0 aromatic heterocycles. The number of amides is 2. The Balaban J connectivity index is 2.02. The highest BCUT2D eigenvalue weighted by Gasteiger charge is 2.26. The van der Waals surface area contributed by atoms with Crippen molar-refractivity contribution in [3.05, 3.63) is 70.7 Å². The van der Waals surface area contributed by atoms with Gasteiger partial charge in [-0.3, -0.25) is 9.59 Å². The monoisotopic (exact) mass is 432 g/mol. The fraction of sp³-hybridized carbons (Fsp3) is 0.391. The molecular weight excluding hydrogens is 404 g/mol. The summed E-state index contributed by atoms with van der Waals surface area (Å²) < 4.78 is 0. The van der Waals surface area contributed by atoms with Crippen LogP contribution in [0.5, 0.6) is 0 Å². The second kappa shape index (κ2) is 11.9. The summed E-state index contributed by atoms with van der Waals surface area (Å²) in [5, 5.41) is 3.63. The molecule has 0 saturated carbocycles. The van der Waals surface area contributed by atoms with Crippen LogP contribution in [0.15, 0.2) is 54.6 Å². The van der Waals surface area contributed by atoms with E-state index in [2.05, 4.69) is 5.32 Å². The number of carbonyl (C=O) groups excluding carboxylic acids is 2. The van der Waals surface area contributed by atoms with Crippen LogP contribution in [0.25, 0.3) is 0 Å². The van der Waals surface area contributed by atoms with Gasteiger partial charge in [0.05, 0.1) is 5.75 Å². The van der Waals surface area contributed by atoms with E-state index in [9.17, 15) is 9.59 Å². The average Bonchev–Trinajstić information content (AvgIpc) is 2.70. The first-order valence-electron chi connectivity index (χ1n) is 9.80. The van der Waals surface area contributed by atoms with Crippen molar-refractivity contribution in [2.45, 2.75) is 39.1 Å². The van der Waals surface area contributed by atoms with E-state index in [1.54, 1.807) is 11.8 Å². The van der Waals surface area contributed by atoms with Gasteiger partial charge in [-0.2, -0.15) is 0 Å². The van der Waals surface area contributed by atoms with E-state index < -0.39 is 6.04 Å². The van der Waals surface area contributed by atoms with Crippen molar-refractivity contribution >= 4 is 35.2 Å². The molecule has 1 N–H and O–H groups in total. The SMILES string of the molecule is CC(C)CNC(=O)[C@H](C)N(Cc1ccccc1)C(=O)CSCc1cccc(Cl)c1. The molecule has 0 spiro atoms. The molecule has 0 bridgehead atoms. The highest BCUT2D eigenvalue weighted by atomic mass is 35.5. The Labute approximate surface area is 183 Å². The summed E-state index contributed by atoms with van der Waals surface area (Å²) in [5.41, 5.74) is 2.08. The van der Waals surface area contributed by atoms with Crippen LogP contribution in [0.2, 0.25) is 5.02 Å². The van der Waals surface area contributed by atoms with Gasteiger partial charge in [-0.1, -0.05) is 67.9 Å². The van der Waals surface area contributed by atoms with E-state index in [4.69, 9.17) is 11.6 Å². The molecule has 2 aromatic carbocycles. The molecule has 0 fully saturated rings. The lowest BCUT2D eigenvalue weighted by molar-refractivity contribution is -0.138. The van der Waals surface area contributed by atoms with Crippen molar-refractivity contribution < 1.29 is 9.59 Å². The fourth-order valence-electron chi connectivity index (χ4n) is 2.78. The number of carbonyl (C=O) groups is 2. The Morgan fingerprint density at radius 1 is 1.03 bits per heavy atom. The van der Waals surface area contributed by atoms with Crippen LogP contribution in [0.4, 0.5) is 0 Å². The number of rotatable bonds is 10. The molecule has 0 aliphatic carbocycles. The third-order valence-electron chi connectivity index (χ3n) is 4.43. The first-order chi connectivity index (χ1) is 13.9. The Morgan fingerprint density at radius 3 is 2.38 bits per heavy atom. The Hall–Kier alpha value is -1.98. The standard InChI is InChI=1S/C23H29ClN2O2S/c1-17(2)13-25-23(28)18(3)26(14-19-8-5-4-6-9-19)22(27)16-29-15-20-10-7-11-21(24)12-20/h4-12,17-18H,13-16H2,1-3H3,(H,25,28)/t18-/m0/s1. The third-order valence-corrected chi connectivity index (χ3v) is 5.65. The van der Waals surface area contributed by atoms with Crippen LogP contribution in [-0.2, 0) is 21.9 Å². The lowest BCUT2D eigenvalue weighted by Crippen LogP contribution is -2.48. The van der Waals surface area contributed by atoms with E-state index in [1.807, 2.05) is 68.4 Å². The summed E-state index contributed by atoms with van der Waals surface area (Å²) in [7, 11) is 0. The van der Waals surface area contributed by atoms with Gasteiger partial charge in [0.2, 0.25) is 11.8 Å². The van der Waals surface area contributed by atoms with Gasteiger partial charge < -0.3 is 10.2 Å². The second-order valence-corrected chi connectivity index (χ2v) is 8.87. The molecule has 1 atom stereocenters. The van der Waals surface area contributed by atoms with Gasteiger partial charge >= 0.3 is 0 Å². The van der Waals surface area contributed by atoms with E-state index in [-0.39, 0.29) is 11.8 Å². The molecule has 0 radical (unpaired) electrons.